The van der Waals surface area contributed by atoms with E-state index < -0.39 is 5.97 Å². The van der Waals surface area contributed by atoms with Crippen LogP contribution < -0.4 is 4.74 Å². The number of rotatable bonds is 3. The number of halogens is 2. The second-order valence-electron chi connectivity index (χ2n) is 2.26. The van der Waals surface area contributed by atoms with Crippen molar-refractivity contribution in [3.8, 4) is 5.75 Å². The molecule has 70 valence electrons. The summed E-state index contributed by atoms with van der Waals surface area (Å²) in [4.78, 5) is 10.2. The van der Waals surface area contributed by atoms with Gasteiger partial charge in [-0.15, -0.1) is 0 Å². The van der Waals surface area contributed by atoms with Crippen molar-refractivity contribution in [2.45, 2.75) is 0 Å². The van der Waals surface area contributed by atoms with Crippen LogP contribution in [0.5, 0.6) is 5.75 Å². The summed E-state index contributed by atoms with van der Waals surface area (Å²) in [5.41, 5.74) is 0. The van der Waals surface area contributed by atoms with Crippen molar-refractivity contribution in [3.63, 3.8) is 0 Å². The van der Waals surface area contributed by atoms with Crippen LogP contribution in [0, 0.1) is 3.57 Å². The molecule has 13 heavy (non-hydrogen) atoms. The summed E-state index contributed by atoms with van der Waals surface area (Å²) in [5, 5.41) is 8.97. The van der Waals surface area contributed by atoms with E-state index >= 15 is 0 Å². The molecule has 0 aliphatic carbocycles. The highest BCUT2D eigenvalue weighted by Crippen LogP contribution is 2.24. The molecule has 0 saturated carbocycles. The van der Waals surface area contributed by atoms with E-state index in [1.54, 1.807) is 18.2 Å². The van der Waals surface area contributed by atoms with Gasteiger partial charge in [-0.3, -0.25) is 0 Å². The SMILES string of the molecule is O=C(O)COc1ccc(Cl)cc1I. The van der Waals surface area contributed by atoms with E-state index in [1.807, 2.05) is 22.6 Å². The molecule has 1 rings (SSSR count). The second-order valence-corrected chi connectivity index (χ2v) is 3.86. The van der Waals surface area contributed by atoms with Crippen LogP contribution in [0.4, 0.5) is 0 Å². The summed E-state index contributed by atoms with van der Waals surface area (Å²) in [6.07, 6.45) is 0. The second kappa shape index (κ2) is 4.66. The molecular weight excluding hydrogens is 306 g/mol. The highest BCUT2D eigenvalue weighted by Gasteiger charge is 2.03. The van der Waals surface area contributed by atoms with Gasteiger partial charge < -0.3 is 9.84 Å². The van der Waals surface area contributed by atoms with Gasteiger partial charge in [-0.1, -0.05) is 11.6 Å². The Morgan fingerprint density at radius 3 is 2.85 bits per heavy atom. The zero-order valence-electron chi connectivity index (χ0n) is 6.46. The molecule has 0 aliphatic heterocycles. The maximum Gasteiger partial charge on any atom is 0.341 e. The molecule has 0 atom stereocenters. The molecule has 0 bridgehead atoms. The van der Waals surface area contributed by atoms with Gasteiger partial charge >= 0.3 is 5.97 Å². The summed E-state index contributed by atoms with van der Waals surface area (Å²) in [5.74, 6) is -0.460. The van der Waals surface area contributed by atoms with Crippen LogP contribution in [-0.4, -0.2) is 17.7 Å². The number of carbonyl (C=O) groups is 1. The number of carboxylic acids is 1. The van der Waals surface area contributed by atoms with Crippen LogP contribution in [0.15, 0.2) is 18.2 Å². The lowest BCUT2D eigenvalue weighted by atomic mass is 10.3. The lowest BCUT2D eigenvalue weighted by molar-refractivity contribution is -0.139. The van der Waals surface area contributed by atoms with Crippen molar-refractivity contribution in [1.29, 1.82) is 0 Å². The fourth-order valence-corrected chi connectivity index (χ4v) is 1.76. The summed E-state index contributed by atoms with van der Waals surface area (Å²) >= 11 is 7.73. The quantitative estimate of drug-likeness (QED) is 0.872. The number of benzene rings is 1. The molecule has 3 nitrogen and oxygen atoms in total. The molecule has 0 aromatic heterocycles. The average Bonchev–Trinajstić information content (AvgIpc) is 2.02. The van der Waals surface area contributed by atoms with Gasteiger partial charge in [0.2, 0.25) is 0 Å². The van der Waals surface area contributed by atoms with E-state index in [0.717, 1.165) is 3.57 Å². The minimum atomic E-state index is -0.995. The molecule has 0 aliphatic rings. The Bertz CT molecular complexity index is 327. The van der Waals surface area contributed by atoms with Crippen molar-refractivity contribution in [1.82, 2.24) is 0 Å². The van der Waals surface area contributed by atoms with E-state index in [1.165, 1.54) is 0 Å². The first kappa shape index (κ1) is 10.6. The number of aliphatic carboxylic acids is 1. The third-order valence-corrected chi connectivity index (χ3v) is 2.32. The van der Waals surface area contributed by atoms with Crippen molar-refractivity contribution in [3.05, 3.63) is 26.8 Å². The van der Waals surface area contributed by atoms with Crippen molar-refractivity contribution >= 4 is 40.2 Å². The van der Waals surface area contributed by atoms with E-state index in [-0.39, 0.29) is 6.61 Å². The van der Waals surface area contributed by atoms with Gasteiger partial charge in [-0.2, -0.15) is 0 Å². The number of carboxylic acid groups (broad SMARTS) is 1. The summed E-state index contributed by atoms with van der Waals surface area (Å²) < 4.78 is 5.79. The van der Waals surface area contributed by atoms with Gasteiger partial charge in [0.15, 0.2) is 6.61 Å². The van der Waals surface area contributed by atoms with Crippen LogP contribution in [0.1, 0.15) is 0 Å². The van der Waals surface area contributed by atoms with Gasteiger partial charge in [0.1, 0.15) is 5.75 Å². The molecule has 0 unspecified atom stereocenters. The van der Waals surface area contributed by atoms with E-state index in [2.05, 4.69) is 0 Å². The Morgan fingerprint density at radius 2 is 2.31 bits per heavy atom. The summed E-state index contributed by atoms with van der Waals surface area (Å²) in [6, 6.07) is 5.01. The van der Waals surface area contributed by atoms with Crippen LogP contribution in [0.2, 0.25) is 5.02 Å². The lowest BCUT2D eigenvalue weighted by Gasteiger charge is -2.05. The molecule has 0 radical (unpaired) electrons. The predicted molar refractivity (Wildman–Crippen MR) is 57.3 cm³/mol. The first-order chi connectivity index (χ1) is 6.09. The Labute approximate surface area is 93.8 Å². The molecular formula is C8H6ClIO3. The smallest absolute Gasteiger partial charge is 0.341 e. The van der Waals surface area contributed by atoms with Crippen LogP contribution in [-0.2, 0) is 4.79 Å². The maximum absolute atomic E-state index is 10.2. The van der Waals surface area contributed by atoms with Crippen molar-refractivity contribution < 1.29 is 14.6 Å². The molecule has 0 amide bonds. The van der Waals surface area contributed by atoms with Crippen LogP contribution in [0.25, 0.3) is 0 Å². The lowest BCUT2D eigenvalue weighted by Crippen LogP contribution is -2.09. The minimum absolute atomic E-state index is 0.336. The highest BCUT2D eigenvalue weighted by atomic mass is 127. The number of ether oxygens (including phenoxy) is 1. The van der Waals surface area contributed by atoms with Gasteiger partial charge in [-0.05, 0) is 40.8 Å². The monoisotopic (exact) mass is 312 g/mol. The Morgan fingerprint density at radius 1 is 1.62 bits per heavy atom. The van der Waals surface area contributed by atoms with Gasteiger partial charge in [-0.25, -0.2) is 4.79 Å². The molecule has 1 N–H and O–H groups in total. The van der Waals surface area contributed by atoms with Gasteiger partial charge in [0, 0.05) is 5.02 Å². The Balaban J connectivity index is 2.72. The topological polar surface area (TPSA) is 46.5 Å². The molecule has 1 aromatic carbocycles. The standard InChI is InChI=1S/C8H6ClIO3/c9-5-1-2-7(6(10)3-5)13-4-8(11)12/h1-3H,4H2,(H,11,12). The fourth-order valence-electron chi connectivity index (χ4n) is 0.732. The zero-order chi connectivity index (χ0) is 9.84. The highest BCUT2D eigenvalue weighted by molar-refractivity contribution is 14.1. The maximum atomic E-state index is 10.2. The minimum Gasteiger partial charge on any atom is -0.481 e. The summed E-state index contributed by atoms with van der Waals surface area (Å²) in [7, 11) is 0. The zero-order valence-corrected chi connectivity index (χ0v) is 9.37. The van der Waals surface area contributed by atoms with Gasteiger partial charge in [0.25, 0.3) is 0 Å². The van der Waals surface area contributed by atoms with E-state index in [9.17, 15) is 4.79 Å². The molecule has 5 heteroatoms. The molecule has 0 spiro atoms. The number of hydrogen-bond donors (Lipinski definition) is 1. The fraction of sp³-hybridized carbons (Fsp3) is 0.125. The molecule has 1 aromatic rings. The third kappa shape index (κ3) is 3.40. The Kier molecular flexibility index (Phi) is 3.80. The van der Waals surface area contributed by atoms with Gasteiger partial charge in [0.05, 0.1) is 3.57 Å². The van der Waals surface area contributed by atoms with E-state index in [4.69, 9.17) is 21.4 Å². The van der Waals surface area contributed by atoms with Crippen LogP contribution in [0.3, 0.4) is 0 Å². The van der Waals surface area contributed by atoms with Crippen molar-refractivity contribution in [2.75, 3.05) is 6.61 Å². The van der Waals surface area contributed by atoms with Crippen molar-refractivity contribution in [2.24, 2.45) is 0 Å². The molecule has 0 heterocycles. The Hall–Kier alpha value is -0.490. The third-order valence-electron chi connectivity index (χ3n) is 1.25. The normalized spacial score (nSPS) is 9.69. The largest absolute Gasteiger partial charge is 0.481 e. The average molecular weight is 312 g/mol. The molecule has 0 saturated heterocycles. The van der Waals surface area contributed by atoms with E-state index in [0.29, 0.717) is 10.8 Å². The van der Waals surface area contributed by atoms with Crippen LogP contribution >= 0.6 is 34.2 Å². The predicted octanol–water partition coefficient (Wildman–Crippen LogP) is 2.41. The first-order valence-electron chi connectivity index (χ1n) is 3.39. The number of hydrogen-bond acceptors (Lipinski definition) is 2. The first-order valence-corrected chi connectivity index (χ1v) is 4.85. The molecule has 0 fully saturated rings. The summed E-state index contributed by atoms with van der Waals surface area (Å²) in [6.45, 7) is -0.336.